The van der Waals surface area contributed by atoms with Crippen molar-refractivity contribution in [3.05, 3.63) is 69.0 Å². The first-order chi connectivity index (χ1) is 17.7. The molecule has 1 N–H and O–H groups in total. The van der Waals surface area contributed by atoms with E-state index in [9.17, 15) is 22.8 Å². The van der Waals surface area contributed by atoms with E-state index >= 15 is 0 Å². The molecule has 0 aliphatic carbocycles. The summed E-state index contributed by atoms with van der Waals surface area (Å²) in [6, 6.07) is 9.64. The van der Waals surface area contributed by atoms with Gasteiger partial charge < -0.3 is 18.6 Å². The molecule has 1 aromatic heterocycles. The Morgan fingerprint density at radius 2 is 1.84 bits per heavy atom. The van der Waals surface area contributed by atoms with Crippen LogP contribution in [0.1, 0.15) is 22.8 Å². The van der Waals surface area contributed by atoms with E-state index in [1.54, 1.807) is 19.1 Å². The fraction of sp³-hybridized carbons (Fsp3) is 0.292. The minimum absolute atomic E-state index is 0.0237. The summed E-state index contributed by atoms with van der Waals surface area (Å²) in [6.07, 6.45) is -0.660. The average Bonchev–Trinajstić information content (AvgIpc) is 2.87. The monoisotopic (exact) mass is 550 g/mol. The molecule has 1 saturated heterocycles. The number of rotatable bonds is 7. The van der Waals surface area contributed by atoms with Crippen molar-refractivity contribution in [2.24, 2.45) is 0 Å². The number of carbonyl (C=O) groups excluding carboxylic acids is 2. The van der Waals surface area contributed by atoms with Gasteiger partial charge in [0.05, 0.1) is 30.4 Å². The van der Waals surface area contributed by atoms with E-state index < -0.39 is 27.7 Å². The molecule has 2 aromatic carbocycles. The summed E-state index contributed by atoms with van der Waals surface area (Å²) in [7, 11) is -3.95. The SMILES string of the molecule is CCOC(=O)Nc1ccc2c(COC(=O)c3ccc(Cl)c(S(=O)(=O)N4CCOCC4)c3)cc(=O)oc2c1. The summed E-state index contributed by atoms with van der Waals surface area (Å²) in [6.45, 7) is 2.44. The van der Waals surface area contributed by atoms with Crippen LogP contribution in [-0.4, -0.2) is 57.7 Å². The molecule has 4 rings (SSSR count). The summed E-state index contributed by atoms with van der Waals surface area (Å²) in [5.41, 5.74) is 0.163. The molecule has 0 unspecified atom stereocenters. The predicted molar refractivity (Wildman–Crippen MR) is 133 cm³/mol. The first kappa shape index (κ1) is 26.6. The number of hydrogen-bond acceptors (Lipinski definition) is 9. The molecule has 11 nitrogen and oxygen atoms in total. The fourth-order valence-corrected chi connectivity index (χ4v) is 5.60. The molecule has 0 saturated carbocycles. The highest BCUT2D eigenvalue weighted by atomic mass is 35.5. The number of benzene rings is 2. The lowest BCUT2D eigenvalue weighted by Crippen LogP contribution is -2.40. The average molecular weight is 551 g/mol. The van der Waals surface area contributed by atoms with Crippen molar-refractivity contribution < 1.29 is 36.6 Å². The number of morpholine rings is 1. The van der Waals surface area contributed by atoms with E-state index in [-0.39, 0.29) is 60.6 Å². The van der Waals surface area contributed by atoms with Gasteiger partial charge in [0.15, 0.2) is 0 Å². The van der Waals surface area contributed by atoms with Gasteiger partial charge in [0.1, 0.15) is 17.1 Å². The molecule has 13 heteroatoms. The molecule has 1 fully saturated rings. The second-order valence-corrected chi connectivity index (χ2v) is 10.2. The Morgan fingerprint density at radius 3 is 2.57 bits per heavy atom. The van der Waals surface area contributed by atoms with Gasteiger partial charge in [-0.1, -0.05) is 11.6 Å². The van der Waals surface area contributed by atoms with Gasteiger partial charge in [-0.2, -0.15) is 4.31 Å². The van der Waals surface area contributed by atoms with Gasteiger partial charge in [-0.25, -0.2) is 22.8 Å². The number of ether oxygens (including phenoxy) is 3. The highest BCUT2D eigenvalue weighted by molar-refractivity contribution is 7.89. The van der Waals surface area contributed by atoms with Crippen molar-refractivity contribution in [2.75, 3.05) is 38.2 Å². The molecule has 37 heavy (non-hydrogen) atoms. The van der Waals surface area contributed by atoms with Crippen LogP contribution < -0.4 is 10.9 Å². The van der Waals surface area contributed by atoms with Crippen molar-refractivity contribution in [1.29, 1.82) is 0 Å². The first-order valence-electron chi connectivity index (χ1n) is 11.2. The van der Waals surface area contributed by atoms with E-state index in [0.29, 0.717) is 16.6 Å². The van der Waals surface area contributed by atoms with Crippen molar-refractivity contribution in [3.8, 4) is 0 Å². The predicted octanol–water partition coefficient (Wildman–Crippen LogP) is 3.39. The molecule has 2 heterocycles. The van der Waals surface area contributed by atoms with E-state index in [1.807, 2.05) is 0 Å². The fourth-order valence-electron chi connectivity index (χ4n) is 3.69. The minimum atomic E-state index is -3.95. The first-order valence-corrected chi connectivity index (χ1v) is 13.1. The van der Waals surface area contributed by atoms with Crippen LogP contribution in [0.25, 0.3) is 11.0 Å². The lowest BCUT2D eigenvalue weighted by atomic mass is 10.1. The summed E-state index contributed by atoms with van der Waals surface area (Å²) >= 11 is 6.15. The number of hydrogen-bond donors (Lipinski definition) is 1. The number of fused-ring (bicyclic) bond motifs is 1. The summed E-state index contributed by atoms with van der Waals surface area (Å²) in [5, 5.41) is 2.97. The molecule has 0 radical (unpaired) electrons. The van der Waals surface area contributed by atoms with Crippen molar-refractivity contribution in [2.45, 2.75) is 18.4 Å². The number of carbonyl (C=O) groups is 2. The maximum atomic E-state index is 13.0. The standard InChI is InChI=1S/C24H23ClN2O9S/c1-2-34-24(30)26-17-4-5-18-16(12-22(28)36-20(18)13-17)14-35-23(29)15-3-6-19(25)21(11-15)37(31,32)27-7-9-33-10-8-27/h3-6,11-13H,2,7-10,14H2,1H3,(H,26,30). The second-order valence-electron chi connectivity index (χ2n) is 7.88. The van der Waals surface area contributed by atoms with Crippen LogP contribution in [0.15, 0.2) is 56.6 Å². The Kier molecular flexibility index (Phi) is 8.13. The maximum absolute atomic E-state index is 13.0. The van der Waals surface area contributed by atoms with E-state index in [0.717, 1.165) is 0 Å². The van der Waals surface area contributed by atoms with Gasteiger partial charge in [-0.05, 0) is 37.3 Å². The molecule has 1 aliphatic rings. The molecule has 0 spiro atoms. The Balaban J connectivity index is 1.54. The zero-order chi connectivity index (χ0) is 26.6. The third-order valence-corrected chi connectivity index (χ3v) is 7.85. The van der Waals surface area contributed by atoms with E-state index in [1.165, 1.54) is 34.6 Å². The van der Waals surface area contributed by atoms with Crippen molar-refractivity contribution in [1.82, 2.24) is 4.31 Å². The number of esters is 1. The summed E-state index contributed by atoms with van der Waals surface area (Å²) in [5.74, 6) is -0.808. The zero-order valence-electron chi connectivity index (χ0n) is 19.7. The number of sulfonamides is 1. The minimum Gasteiger partial charge on any atom is -0.457 e. The molecule has 0 atom stereocenters. The van der Waals surface area contributed by atoms with Crippen LogP contribution in [0.2, 0.25) is 5.02 Å². The van der Waals surface area contributed by atoms with Gasteiger partial charge in [0, 0.05) is 41.9 Å². The van der Waals surface area contributed by atoms with Crippen LogP contribution in [-0.2, 0) is 30.8 Å². The zero-order valence-corrected chi connectivity index (χ0v) is 21.3. The maximum Gasteiger partial charge on any atom is 0.411 e. The van der Waals surface area contributed by atoms with E-state index in [2.05, 4.69) is 5.32 Å². The molecule has 1 amide bonds. The number of halogens is 1. The Labute approximate surface area is 216 Å². The molecule has 1 aliphatic heterocycles. The molecule has 196 valence electrons. The molecular weight excluding hydrogens is 528 g/mol. The summed E-state index contributed by atoms with van der Waals surface area (Å²) in [4.78, 5) is 36.3. The quantitative estimate of drug-likeness (QED) is 0.346. The van der Waals surface area contributed by atoms with Gasteiger partial charge in [-0.15, -0.1) is 0 Å². The lowest BCUT2D eigenvalue weighted by Gasteiger charge is -2.26. The Bertz CT molecular complexity index is 1500. The van der Waals surface area contributed by atoms with Gasteiger partial charge in [0.2, 0.25) is 10.0 Å². The van der Waals surface area contributed by atoms with Crippen LogP contribution in [0.4, 0.5) is 10.5 Å². The third-order valence-electron chi connectivity index (χ3n) is 5.47. The number of nitrogens with one attached hydrogen (secondary N) is 1. The molecule has 0 bridgehead atoms. The summed E-state index contributed by atoms with van der Waals surface area (Å²) < 4.78 is 47.9. The van der Waals surface area contributed by atoms with Gasteiger partial charge >= 0.3 is 17.7 Å². The normalized spacial score (nSPS) is 14.3. The van der Waals surface area contributed by atoms with Crippen LogP contribution >= 0.6 is 11.6 Å². The smallest absolute Gasteiger partial charge is 0.411 e. The van der Waals surface area contributed by atoms with E-state index in [4.69, 9.17) is 30.2 Å². The number of anilines is 1. The Hall–Kier alpha value is -3.45. The second kappa shape index (κ2) is 11.3. The Morgan fingerprint density at radius 1 is 1.08 bits per heavy atom. The van der Waals surface area contributed by atoms with Crippen molar-refractivity contribution in [3.63, 3.8) is 0 Å². The van der Waals surface area contributed by atoms with Crippen LogP contribution in [0.5, 0.6) is 0 Å². The van der Waals surface area contributed by atoms with Crippen molar-refractivity contribution >= 4 is 50.3 Å². The lowest BCUT2D eigenvalue weighted by molar-refractivity contribution is 0.0473. The number of nitrogens with zero attached hydrogens (tertiary/aromatic N) is 1. The van der Waals surface area contributed by atoms with Crippen LogP contribution in [0.3, 0.4) is 0 Å². The third kappa shape index (κ3) is 6.10. The molecular formula is C24H23ClN2O9S. The molecule has 3 aromatic rings. The highest BCUT2D eigenvalue weighted by Gasteiger charge is 2.29. The van der Waals surface area contributed by atoms with Crippen LogP contribution in [0, 0.1) is 0 Å². The van der Waals surface area contributed by atoms with Gasteiger partial charge in [-0.3, -0.25) is 5.32 Å². The highest BCUT2D eigenvalue weighted by Crippen LogP contribution is 2.27. The topological polar surface area (TPSA) is 141 Å². The van der Waals surface area contributed by atoms with Gasteiger partial charge in [0.25, 0.3) is 0 Å². The number of amides is 1. The largest absolute Gasteiger partial charge is 0.457 e.